The number of hydrogen-bond donors (Lipinski definition) is 1. The van der Waals surface area contributed by atoms with Crippen LogP contribution in [0.1, 0.15) is 12.0 Å². The first-order chi connectivity index (χ1) is 8.15. The third-order valence-electron chi connectivity index (χ3n) is 3.52. The van der Waals surface area contributed by atoms with Crippen LogP contribution in [0.25, 0.3) is 11.0 Å². The number of benzene rings is 1. The van der Waals surface area contributed by atoms with E-state index in [-0.39, 0.29) is 6.04 Å². The number of rotatable bonds is 1. The topological polar surface area (TPSA) is 47.1 Å². The van der Waals surface area contributed by atoms with E-state index in [1.54, 1.807) is 0 Å². The molecule has 0 bridgehead atoms. The van der Waals surface area contributed by atoms with Gasteiger partial charge in [-0.25, -0.2) is 4.98 Å². The van der Waals surface area contributed by atoms with E-state index in [1.807, 2.05) is 0 Å². The van der Waals surface area contributed by atoms with E-state index in [9.17, 15) is 0 Å². The van der Waals surface area contributed by atoms with Crippen molar-refractivity contribution in [2.45, 2.75) is 19.4 Å². The van der Waals surface area contributed by atoms with Crippen molar-refractivity contribution in [1.29, 1.82) is 0 Å². The Morgan fingerprint density at radius 2 is 2.24 bits per heavy atom. The predicted molar refractivity (Wildman–Crippen MR) is 70.3 cm³/mol. The minimum Gasteiger partial charge on any atom is -0.341 e. The van der Waals surface area contributed by atoms with Crippen LogP contribution in [-0.4, -0.2) is 28.7 Å². The second kappa shape index (κ2) is 3.74. The molecule has 0 spiro atoms. The quantitative estimate of drug-likeness (QED) is 0.806. The van der Waals surface area contributed by atoms with Gasteiger partial charge in [0.15, 0.2) is 0 Å². The summed E-state index contributed by atoms with van der Waals surface area (Å²) in [7, 11) is 2.07. The molecule has 2 heterocycles. The molecule has 1 aromatic heterocycles. The summed E-state index contributed by atoms with van der Waals surface area (Å²) in [6, 6.07) is 6.69. The number of aromatic nitrogens is 2. The summed E-state index contributed by atoms with van der Waals surface area (Å²) in [6.07, 6.45) is 1.06. The SMILES string of the molecule is Cc1ccc2c(c1)nc(N1CCC(N)C1)n2C. The van der Waals surface area contributed by atoms with Crippen LogP contribution in [0.5, 0.6) is 0 Å². The average Bonchev–Trinajstić information content (AvgIpc) is 2.83. The Balaban J connectivity index is 2.08. The van der Waals surface area contributed by atoms with E-state index < -0.39 is 0 Å². The standard InChI is InChI=1S/C13H18N4/c1-9-3-4-12-11(7-9)15-13(16(12)2)17-6-5-10(14)8-17/h3-4,7,10H,5-6,8,14H2,1-2H3. The monoisotopic (exact) mass is 230 g/mol. The van der Waals surface area contributed by atoms with Crippen LogP contribution in [0, 0.1) is 6.92 Å². The maximum Gasteiger partial charge on any atom is 0.206 e. The summed E-state index contributed by atoms with van der Waals surface area (Å²) in [5.74, 6) is 1.04. The van der Waals surface area contributed by atoms with Crippen molar-refractivity contribution in [3.63, 3.8) is 0 Å². The molecule has 1 atom stereocenters. The van der Waals surface area contributed by atoms with Crippen molar-refractivity contribution in [3.8, 4) is 0 Å². The van der Waals surface area contributed by atoms with E-state index >= 15 is 0 Å². The Labute approximate surface area is 101 Å². The Morgan fingerprint density at radius 3 is 2.94 bits per heavy atom. The van der Waals surface area contributed by atoms with Crippen molar-refractivity contribution in [2.75, 3.05) is 18.0 Å². The number of fused-ring (bicyclic) bond motifs is 1. The molecule has 1 fully saturated rings. The third-order valence-corrected chi connectivity index (χ3v) is 3.52. The molecule has 1 unspecified atom stereocenters. The van der Waals surface area contributed by atoms with Gasteiger partial charge in [0.25, 0.3) is 0 Å². The highest BCUT2D eigenvalue weighted by Crippen LogP contribution is 2.24. The summed E-state index contributed by atoms with van der Waals surface area (Å²) in [5.41, 5.74) is 9.46. The van der Waals surface area contributed by atoms with Crippen molar-refractivity contribution < 1.29 is 0 Å². The highest BCUT2D eigenvalue weighted by atomic mass is 15.3. The summed E-state index contributed by atoms with van der Waals surface area (Å²) in [5, 5.41) is 0. The van der Waals surface area contributed by atoms with Crippen LogP contribution in [0.2, 0.25) is 0 Å². The number of anilines is 1. The van der Waals surface area contributed by atoms with Gasteiger partial charge in [-0.3, -0.25) is 0 Å². The van der Waals surface area contributed by atoms with Crippen LogP contribution in [0.4, 0.5) is 5.95 Å². The number of aryl methyl sites for hydroxylation is 2. The molecule has 0 amide bonds. The third kappa shape index (κ3) is 1.69. The molecule has 90 valence electrons. The Bertz CT molecular complexity index is 558. The molecule has 1 aromatic carbocycles. The van der Waals surface area contributed by atoms with Crippen LogP contribution in [0.3, 0.4) is 0 Å². The van der Waals surface area contributed by atoms with Gasteiger partial charge in [0.05, 0.1) is 11.0 Å². The molecule has 1 saturated heterocycles. The van der Waals surface area contributed by atoms with Crippen molar-refractivity contribution >= 4 is 17.0 Å². The minimum atomic E-state index is 0.288. The fraction of sp³-hybridized carbons (Fsp3) is 0.462. The summed E-state index contributed by atoms with van der Waals surface area (Å²) < 4.78 is 2.16. The molecular formula is C13H18N4. The molecule has 1 aliphatic rings. The zero-order valence-corrected chi connectivity index (χ0v) is 10.3. The summed E-state index contributed by atoms with van der Waals surface area (Å²) >= 11 is 0. The molecule has 2 N–H and O–H groups in total. The van der Waals surface area contributed by atoms with Gasteiger partial charge in [0.2, 0.25) is 5.95 Å². The van der Waals surface area contributed by atoms with E-state index in [0.29, 0.717) is 0 Å². The van der Waals surface area contributed by atoms with Crippen LogP contribution in [0.15, 0.2) is 18.2 Å². The highest BCUT2D eigenvalue weighted by Gasteiger charge is 2.23. The largest absolute Gasteiger partial charge is 0.341 e. The van der Waals surface area contributed by atoms with E-state index in [4.69, 9.17) is 10.7 Å². The fourth-order valence-corrected chi connectivity index (χ4v) is 2.55. The smallest absolute Gasteiger partial charge is 0.206 e. The Hall–Kier alpha value is -1.55. The molecule has 2 aromatic rings. The lowest BCUT2D eigenvalue weighted by Gasteiger charge is -2.16. The summed E-state index contributed by atoms with van der Waals surface area (Å²) in [4.78, 5) is 7.00. The number of imidazole rings is 1. The lowest BCUT2D eigenvalue weighted by Crippen LogP contribution is -2.28. The predicted octanol–water partition coefficient (Wildman–Crippen LogP) is 1.42. The summed E-state index contributed by atoms with van der Waals surface area (Å²) in [6.45, 7) is 4.02. The maximum atomic E-state index is 5.95. The second-order valence-corrected chi connectivity index (χ2v) is 4.96. The Kier molecular flexibility index (Phi) is 2.33. The average molecular weight is 230 g/mol. The van der Waals surface area contributed by atoms with Crippen molar-refractivity contribution in [3.05, 3.63) is 23.8 Å². The number of hydrogen-bond acceptors (Lipinski definition) is 3. The molecule has 17 heavy (non-hydrogen) atoms. The van der Waals surface area contributed by atoms with Crippen molar-refractivity contribution in [1.82, 2.24) is 9.55 Å². The molecule has 3 rings (SSSR count). The number of nitrogens with zero attached hydrogens (tertiary/aromatic N) is 3. The van der Waals surface area contributed by atoms with Crippen molar-refractivity contribution in [2.24, 2.45) is 12.8 Å². The van der Waals surface area contributed by atoms with E-state index in [2.05, 4.69) is 41.6 Å². The fourth-order valence-electron chi connectivity index (χ4n) is 2.55. The number of nitrogens with two attached hydrogens (primary N) is 1. The van der Waals surface area contributed by atoms with Gasteiger partial charge in [-0.2, -0.15) is 0 Å². The molecule has 0 saturated carbocycles. The first-order valence-corrected chi connectivity index (χ1v) is 6.09. The van der Waals surface area contributed by atoms with Gasteiger partial charge in [-0.15, -0.1) is 0 Å². The lowest BCUT2D eigenvalue weighted by molar-refractivity contribution is 0.747. The zero-order chi connectivity index (χ0) is 12.0. The zero-order valence-electron chi connectivity index (χ0n) is 10.3. The lowest BCUT2D eigenvalue weighted by atomic mass is 10.2. The van der Waals surface area contributed by atoms with Gasteiger partial charge < -0.3 is 15.2 Å². The van der Waals surface area contributed by atoms with Crippen LogP contribution in [-0.2, 0) is 7.05 Å². The molecular weight excluding hydrogens is 212 g/mol. The van der Waals surface area contributed by atoms with Crippen LogP contribution < -0.4 is 10.6 Å². The van der Waals surface area contributed by atoms with Gasteiger partial charge in [-0.1, -0.05) is 6.07 Å². The molecule has 0 radical (unpaired) electrons. The molecule has 1 aliphatic heterocycles. The molecule has 0 aliphatic carbocycles. The van der Waals surface area contributed by atoms with Crippen LogP contribution >= 0.6 is 0 Å². The van der Waals surface area contributed by atoms with Gasteiger partial charge in [0.1, 0.15) is 0 Å². The van der Waals surface area contributed by atoms with Gasteiger partial charge >= 0.3 is 0 Å². The minimum absolute atomic E-state index is 0.288. The van der Waals surface area contributed by atoms with Gasteiger partial charge in [-0.05, 0) is 31.0 Å². The Morgan fingerprint density at radius 1 is 1.41 bits per heavy atom. The first-order valence-electron chi connectivity index (χ1n) is 6.09. The second-order valence-electron chi connectivity index (χ2n) is 4.96. The first kappa shape index (κ1) is 10.6. The van der Waals surface area contributed by atoms with Gasteiger partial charge in [0, 0.05) is 26.2 Å². The molecule has 4 nitrogen and oxygen atoms in total. The maximum absolute atomic E-state index is 5.95. The van der Waals surface area contributed by atoms with E-state index in [1.165, 1.54) is 11.1 Å². The highest BCUT2D eigenvalue weighted by molar-refractivity contribution is 5.79. The molecule has 4 heteroatoms. The normalized spacial score (nSPS) is 20.4. The van der Waals surface area contributed by atoms with E-state index in [0.717, 1.165) is 31.0 Å².